The van der Waals surface area contributed by atoms with E-state index in [4.69, 9.17) is 0 Å². The van der Waals surface area contributed by atoms with Gasteiger partial charge in [0.05, 0.1) is 6.61 Å². The normalized spacial score (nSPS) is 10.9. The molecule has 0 saturated heterocycles. The van der Waals surface area contributed by atoms with E-state index in [9.17, 15) is 5.11 Å². The third-order valence-electron chi connectivity index (χ3n) is 2.36. The molecule has 1 rings (SSSR count). The Balaban J connectivity index is 3.30. The number of hydrogen-bond acceptors (Lipinski definition) is 1. The van der Waals surface area contributed by atoms with Gasteiger partial charge in [-0.3, -0.25) is 0 Å². The minimum absolute atomic E-state index is 0.149. The van der Waals surface area contributed by atoms with Crippen molar-refractivity contribution in [1.29, 1.82) is 0 Å². The Bertz CT molecular complexity index is 300. The van der Waals surface area contributed by atoms with Gasteiger partial charge in [0.25, 0.3) is 0 Å². The Labute approximate surface area is 80.4 Å². The lowest BCUT2D eigenvalue weighted by Crippen LogP contribution is -2.00. The highest BCUT2D eigenvalue weighted by molar-refractivity contribution is 5.39. The Kier molecular flexibility index (Phi) is 3.10. The van der Waals surface area contributed by atoms with Crippen molar-refractivity contribution in [3.8, 4) is 0 Å². The lowest BCUT2D eigenvalue weighted by molar-refractivity contribution is 0.280. The van der Waals surface area contributed by atoms with Gasteiger partial charge < -0.3 is 5.11 Å². The smallest absolute Gasteiger partial charge is 0.0684 e. The van der Waals surface area contributed by atoms with Crippen LogP contribution in [0.3, 0.4) is 0 Å². The molecule has 0 spiro atoms. The highest BCUT2D eigenvalue weighted by Gasteiger charge is 2.09. The second-order valence-electron chi connectivity index (χ2n) is 3.97. The fourth-order valence-corrected chi connectivity index (χ4v) is 2.02. The molecule has 72 valence electrons. The maximum Gasteiger partial charge on any atom is 0.0684 e. The van der Waals surface area contributed by atoms with E-state index in [2.05, 4.69) is 39.8 Å². The van der Waals surface area contributed by atoms with Crippen molar-refractivity contribution in [2.75, 3.05) is 0 Å². The van der Waals surface area contributed by atoms with E-state index < -0.39 is 0 Å². The molecule has 0 aromatic heterocycles. The second kappa shape index (κ2) is 3.93. The third-order valence-corrected chi connectivity index (χ3v) is 2.36. The summed E-state index contributed by atoms with van der Waals surface area (Å²) in [5.41, 5.74) is 4.89. The second-order valence-corrected chi connectivity index (χ2v) is 3.97. The fourth-order valence-electron chi connectivity index (χ4n) is 2.02. The highest BCUT2D eigenvalue weighted by Crippen LogP contribution is 2.24. The van der Waals surface area contributed by atoms with Crippen LogP contribution in [0.25, 0.3) is 0 Å². The minimum Gasteiger partial charge on any atom is -0.392 e. The van der Waals surface area contributed by atoms with Crippen LogP contribution in [0.1, 0.15) is 42.0 Å². The molecule has 1 aromatic rings. The number of aryl methyl sites for hydroxylation is 2. The summed E-state index contributed by atoms with van der Waals surface area (Å²) in [6, 6.07) is 4.25. The van der Waals surface area contributed by atoms with Crippen molar-refractivity contribution in [3.63, 3.8) is 0 Å². The molecule has 1 heteroatoms. The maximum absolute atomic E-state index is 9.22. The van der Waals surface area contributed by atoms with Crippen LogP contribution in [0.15, 0.2) is 12.1 Å². The zero-order valence-corrected chi connectivity index (χ0v) is 8.89. The molecule has 0 atom stereocenters. The van der Waals surface area contributed by atoms with E-state index in [-0.39, 0.29) is 6.61 Å². The van der Waals surface area contributed by atoms with E-state index in [0.29, 0.717) is 5.92 Å². The van der Waals surface area contributed by atoms with Crippen molar-refractivity contribution >= 4 is 0 Å². The monoisotopic (exact) mass is 178 g/mol. The predicted molar refractivity (Wildman–Crippen MR) is 55.9 cm³/mol. The Morgan fingerprint density at radius 3 is 2.31 bits per heavy atom. The summed E-state index contributed by atoms with van der Waals surface area (Å²) in [5.74, 6) is 0.489. The molecule has 0 radical (unpaired) electrons. The van der Waals surface area contributed by atoms with Gasteiger partial charge in [0.1, 0.15) is 0 Å². The molecule has 0 aliphatic rings. The van der Waals surface area contributed by atoms with E-state index >= 15 is 0 Å². The molecule has 0 fully saturated rings. The summed E-state index contributed by atoms with van der Waals surface area (Å²) in [4.78, 5) is 0. The molecule has 1 N–H and O–H groups in total. The van der Waals surface area contributed by atoms with Gasteiger partial charge in [-0.15, -0.1) is 0 Å². The molecule has 13 heavy (non-hydrogen) atoms. The van der Waals surface area contributed by atoms with Crippen molar-refractivity contribution in [1.82, 2.24) is 0 Å². The van der Waals surface area contributed by atoms with Gasteiger partial charge in [-0.25, -0.2) is 0 Å². The summed E-state index contributed by atoms with van der Waals surface area (Å²) in [5, 5.41) is 9.22. The summed E-state index contributed by atoms with van der Waals surface area (Å²) in [7, 11) is 0. The molecule has 0 amide bonds. The van der Waals surface area contributed by atoms with Gasteiger partial charge in [0, 0.05) is 0 Å². The maximum atomic E-state index is 9.22. The Hall–Kier alpha value is -0.820. The summed E-state index contributed by atoms with van der Waals surface area (Å²) >= 11 is 0. The first-order chi connectivity index (χ1) is 6.06. The van der Waals surface area contributed by atoms with E-state index in [1.54, 1.807) is 0 Å². The topological polar surface area (TPSA) is 20.2 Å². The first kappa shape index (κ1) is 10.3. The zero-order valence-electron chi connectivity index (χ0n) is 8.89. The predicted octanol–water partition coefficient (Wildman–Crippen LogP) is 2.92. The molecule has 0 unspecified atom stereocenters. The Morgan fingerprint density at radius 2 is 1.85 bits per heavy atom. The van der Waals surface area contributed by atoms with Crippen LogP contribution >= 0.6 is 0 Å². The van der Waals surface area contributed by atoms with Crippen LogP contribution in [-0.4, -0.2) is 5.11 Å². The van der Waals surface area contributed by atoms with Crippen LogP contribution < -0.4 is 0 Å². The van der Waals surface area contributed by atoms with Crippen molar-refractivity contribution < 1.29 is 5.11 Å². The molecule has 0 aliphatic carbocycles. The summed E-state index contributed by atoms with van der Waals surface area (Å²) in [6.07, 6.45) is 0. The van der Waals surface area contributed by atoms with E-state index in [1.165, 1.54) is 16.7 Å². The molecule has 0 heterocycles. The number of rotatable bonds is 2. The SMILES string of the molecule is Cc1cc(C)c(C(C)C)c(CO)c1. The van der Waals surface area contributed by atoms with Gasteiger partial charge in [-0.2, -0.15) is 0 Å². The molecule has 1 nitrogen and oxygen atoms in total. The number of hydrogen-bond donors (Lipinski definition) is 1. The minimum atomic E-state index is 0.149. The lowest BCUT2D eigenvalue weighted by atomic mass is 9.91. The Morgan fingerprint density at radius 1 is 1.23 bits per heavy atom. The van der Waals surface area contributed by atoms with Crippen molar-refractivity contribution in [2.45, 2.75) is 40.2 Å². The van der Waals surface area contributed by atoms with Gasteiger partial charge in [-0.05, 0) is 36.5 Å². The van der Waals surface area contributed by atoms with Crippen LogP contribution in [0, 0.1) is 13.8 Å². The van der Waals surface area contributed by atoms with Crippen LogP contribution in [0.2, 0.25) is 0 Å². The third kappa shape index (κ3) is 2.10. The van der Waals surface area contributed by atoms with Crippen LogP contribution in [-0.2, 0) is 6.61 Å². The number of aliphatic hydroxyl groups is 1. The van der Waals surface area contributed by atoms with Crippen molar-refractivity contribution in [2.24, 2.45) is 0 Å². The first-order valence-corrected chi connectivity index (χ1v) is 4.77. The summed E-state index contributed by atoms with van der Waals surface area (Å²) in [6.45, 7) is 8.65. The van der Waals surface area contributed by atoms with Crippen molar-refractivity contribution in [3.05, 3.63) is 34.4 Å². The van der Waals surface area contributed by atoms with E-state index in [0.717, 1.165) is 5.56 Å². The van der Waals surface area contributed by atoms with Crippen LogP contribution in [0.4, 0.5) is 0 Å². The highest BCUT2D eigenvalue weighted by atomic mass is 16.3. The molecule has 0 aliphatic heterocycles. The number of benzene rings is 1. The zero-order chi connectivity index (χ0) is 10.0. The molecular formula is C12H18O. The van der Waals surface area contributed by atoms with Gasteiger partial charge in [0.2, 0.25) is 0 Å². The quantitative estimate of drug-likeness (QED) is 0.738. The lowest BCUT2D eigenvalue weighted by Gasteiger charge is -2.15. The first-order valence-electron chi connectivity index (χ1n) is 4.77. The molecule has 0 bridgehead atoms. The van der Waals surface area contributed by atoms with Gasteiger partial charge in [-0.1, -0.05) is 31.5 Å². The fraction of sp³-hybridized carbons (Fsp3) is 0.500. The average Bonchev–Trinajstić information content (AvgIpc) is 2.01. The van der Waals surface area contributed by atoms with Gasteiger partial charge >= 0.3 is 0 Å². The van der Waals surface area contributed by atoms with E-state index in [1.807, 2.05) is 0 Å². The van der Waals surface area contributed by atoms with Crippen LogP contribution in [0.5, 0.6) is 0 Å². The van der Waals surface area contributed by atoms with Gasteiger partial charge in [0.15, 0.2) is 0 Å². The number of aliphatic hydroxyl groups excluding tert-OH is 1. The summed E-state index contributed by atoms with van der Waals surface area (Å²) < 4.78 is 0. The average molecular weight is 178 g/mol. The molecule has 1 aromatic carbocycles. The largest absolute Gasteiger partial charge is 0.392 e. The molecule has 0 saturated carbocycles. The molecular weight excluding hydrogens is 160 g/mol. The standard InChI is InChI=1S/C12H18O/c1-8(2)12-10(4)5-9(3)6-11(12)7-13/h5-6,8,13H,7H2,1-4H3.